The van der Waals surface area contributed by atoms with Crippen molar-refractivity contribution in [2.45, 2.75) is 38.1 Å². The van der Waals surface area contributed by atoms with Crippen LogP contribution in [0.3, 0.4) is 0 Å². The molecule has 25 heavy (non-hydrogen) atoms. The van der Waals surface area contributed by atoms with Gasteiger partial charge in [0.15, 0.2) is 0 Å². The van der Waals surface area contributed by atoms with E-state index in [1.165, 1.54) is 19.1 Å². The van der Waals surface area contributed by atoms with Crippen LogP contribution in [0.5, 0.6) is 0 Å². The van der Waals surface area contributed by atoms with E-state index in [0.29, 0.717) is 18.4 Å². The first-order chi connectivity index (χ1) is 11.8. The van der Waals surface area contributed by atoms with Gasteiger partial charge in [-0.25, -0.2) is 0 Å². The Morgan fingerprint density at radius 3 is 2.52 bits per heavy atom. The van der Waals surface area contributed by atoms with Crippen LogP contribution in [0.1, 0.15) is 29.5 Å². The maximum absolute atomic E-state index is 13.3. The summed E-state index contributed by atoms with van der Waals surface area (Å²) in [4.78, 5) is 12.5. The first-order valence-electron chi connectivity index (χ1n) is 7.74. The molecule has 2 heterocycles. The molecule has 4 atom stereocenters. The number of hydrogen-bond donors (Lipinski definition) is 1. The Kier molecular flexibility index (Phi) is 4.18. The van der Waals surface area contributed by atoms with Gasteiger partial charge in [0.25, 0.3) is 0 Å². The number of ether oxygens (including phenoxy) is 1. The van der Waals surface area contributed by atoms with Gasteiger partial charge in [-0.05, 0) is 37.5 Å². The van der Waals surface area contributed by atoms with Crippen LogP contribution in [-0.4, -0.2) is 24.3 Å². The molecule has 5 nitrogen and oxygen atoms in total. The number of nitrogens with zero attached hydrogens (tertiary/aromatic N) is 2. The van der Waals surface area contributed by atoms with E-state index < -0.39 is 36.1 Å². The van der Waals surface area contributed by atoms with Gasteiger partial charge in [0.1, 0.15) is 12.1 Å². The van der Waals surface area contributed by atoms with E-state index in [-0.39, 0.29) is 16.8 Å². The molecule has 0 spiro atoms. The van der Waals surface area contributed by atoms with Crippen molar-refractivity contribution in [3.8, 4) is 12.1 Å². The number of halogens is 3. The Morgan fingerprint density at radius 2 is 1.92 bits per heavy atom. The molecule has 2 bridgehead atoms. The molecule has 1 N–H and O–H groups in total. The normalized spacial score (nSPS) is 27.6. The number of nitriles is 2. The zero-order chi connectivity index (χ0) is 18.4. The summed E-state index contributed by atoms with van der Waals surface area (Å²) >= 11 is 0. The fraction of sp³-hybridized carbons (Fsp3) is 0.471. The van der Waals surface area contributed by atoms with Gasteiger partial charge < -0.3 is 10.1 Å². The topological polar surface area (TPSA) is 85.9 Å². The van der Waals surface area contributed by atoms with E-state index in [0.717, 1.165) is 0 Å². The van der Waals surface area contributed by atoms with Crippen molar-refractivity contribution in [2.24, 2.45) is 11.8 Å². The number of carbonyl (C=O) groups excluding carboxylic acids is 1. The van der Waals surface area contributed by atoms with Gasteiger partial charge in [0, 0.05) is 5.69 Å². The number of anilines is 1. The van der Waals surface area contributed by atoms with Crippen LogP contribution in [0.15, 0.2) is 12.1 Å². The van der Waals surface area contributed by atoms with E-state index in [9.17, 15) is 18.0 Å². The molecule has 3 rings (SSSR count). The van der Waals surface area contributed by atoms with Crippen LogP contribution in [0.25, 0.3) is 0 Å². The maximum atomic E-state index is 13.3. The minimum absolute atomic E-state index is 0.0943. The summed E-state index contributed by atoms with van der Waals surface area (Å²) < 4.78 is 45.3. The SMILES string of the molecule is Cc1c(NC(=O)C2C3CCC(O3)C2C(F)(F)F)ccc(C#N)c1C#N. The molecule has 130 valence electrons. The smallest absolute Gasteiger partial charge is 0.373 e. The minimum Gasteiger partial charge on any atom is -0.373 e. The van der Waals surface area contributed by atoms with Crippen molar-refractivity contribution >= 4 is 11.6 Å². The molecular weight excluding hydrogens is 335 g/mol. The number of carbonyl (C=O) groups is 1. The average molecular weight is 349 g/mol. The van der Waals surface area contributed by atoms with Crippen LogP contribution in [0.4, 0.5) is 18.9 Å². The Hall–Kier alpha value is -2.58. The van der Waals surface area contributed by atoms with Gasteiger partial charge >= 0.3 is 6.18 Å². The largest absolute Gasteiger partial charge is 0.395 e. The Balaban J connectivity index is 1.88. The number of nitrogens with one attached hydrogen (secondary N) is 1. The molecule has 2 saturated heterocycles. The van der Waals surface area contributed by atoms with E-state index >= 15 is 0 Å². The van der Waals surface area contributed by atoms with Crippen molar-refractivity contribution in [3.05, 3.63) is 28.8 Å². The molecule has 0 aliphatic carbocycles. The number of fused-ring (bicyclic) bond motifs is 2. The third-order valence-corrected chi connectivity index (χ3v) is 4.91. The molecule has 8 heteroatoms. The van der Waals surface area contributed by atoms with Crippen molar-refractivity contribution < 1.29 is 22.7 Å². The van der Waals surface area contributed by atoms with Crippen molar-refractivity contribution in [3.63, 3.8) is 0 Å². The van der Waals surface area contributed by atoms with Crippen molar-refractivity contribution in [1.29, 1.82) is 10.5 Å². The molecule has 1 aromatic carbocycles. The molecule has 0 saturated carbocycles. The Labute approximate surface area is 142 Å². The Bertz CT molecular complexity index is 807. The lowest BCUT2D eigenvalue weighted by molar-refractivity contribution is -0.196. The zero-order valence-electron chi connectivity index (χ0n) is 13.2. The monoisotopic (exact) mass is 349 g/mol. The lowest BCUT2D eigenvalue weighted by Crippen LogP contribution is -2.44. The van der Waals surface area contributed by atoms with E-state index in [1.54, 1.807) is 0 Å². The number of benzene rings is 1. The molecule has 0 radical (unpaired) electrons. The van der Waals surface area contributed by atoms with Gasteiger partial charge in [-0.3, -0.25) is 4.79 Å². The standard InChI is InChI=1S/C17H14F3N3O2/c1-8-10(7-22)9(6-21)2-3-11(8)23-16(24)14-12-4-5-13(25-12)15(14)17(18,19)20/h2-3,12-15H,4-5H2,1H3,(H,23,24). The molecule has 0 aromatic heterocycles. The third-order valence-electron chi connectivity index (χ3n) is 4.91. The van der Waals surface area contributed by atoms with Gasteiger partial charge in [-0.2, -0.15) is 23.7 Å². The molecular formula is C17H14F3N3O2. The highest BCUT2D eigenvalue weighted by Gasteiger charge is 2.62. The van der Waals surface area contributed by atoms with E-state index in [4.69, 9.17) is 15.3 Å². The number of hydrogen-bond acceptors (Lipinski definition) is 4. The number of amides is 1. The zero-order valence-corrected chi connectivity index (χ0v) is 13.2. The summed E-state index contributed by atoms with van der Waals surface area (Å²) in [6.45, 7) is 1.54. The summed E-state index contributed by atoms with van der Waals surface area (Å²) in [7, 11) is 0. The number of rotatable bonds is 2. The van der Waals surface area contributed by atoms with E-state index in [2.05, 4.69) is 5.32 Å². The summed E-state index contributed by atoms with van der Waals surface area (Å²) in [6, 6.07) is 6.53. The van der Waals surface area contributed by atoms with Crippen LogP contribution in [-0.2, 0) is 9.53 Å². The number of alkyl halides is 3. The highest BCUT2D eigenvalue weighted by molar-refractivity contribution is 5.94. The van der Waals surface area contributed by atoms with Crippen molar-refractivity contribution in [1.82, 2.24) is 0 Å². The molecule has 1 aromatic rings. The predicted octanol–water partition coefficient (Wildman–Crippen LogP) is 3.03. The van der Waals surface area contributed by atoms with Crippen LogP contribution < -0.4 is 5.32 Å². The quantitative estimate of drug-likeness (QED) is 0.889. The second kappa shape index (κ2) is 6.05. The lowest BCUT2D eigenvalue weighted by atomic mass is 9.78. The van der Waals surface area contributed by atoms with Crippen LogP contribution in [0, 0.1) is 41.4 Å². The molecule has 2 aliphatic rings. The van der Waals surface area contributed by atoms with Crippen molar-refractivity contribution in [2.75, 3.05) is 5.32 Å². The second-order valence-corrected chi connectivity index (χ2v) is 6.26. The Morgan fingerprint density at radius 1 is 1.24 bits per heavy atom. The van der Waals surface area contributed by atoms with Gasteiger partial charge in [-0.1, -0.05) is 0 Å². The molecule has 2 fully saturated rings. The lowest BCUT2D eigenvalue weighted by Gasteiger charge is -2.29. The molecule has 1 amide bonds. The summed E-state index contributed by atoms with van der Waals surface area (Å²) in [6.07, 6.45) is -5.51. The predicted molar refractivity (Wildman–Crippen MR) is 80.2 cm³/mol. The second-order valence-electron chi connectivity index (χ2n) is 6.26. The van der Waals surface area contributed by atoms with Gasteiger partial charge in [0.2, 0.25) is 5.91 Å². The first kappa shape index (κ1) is 17.2. The fourth-order valence-corrected chi connectivity index (χ4v) is 3.73. The van der Waals surface area contributed by atoms with Gasteiger partial charge in [-0.15, -0.1) is 0 Å². The summed E-state index contributed by atoms with van der Waals surface area (Å²) in [5.74, 6) is -3.90. The van der Waals surface area contributed by atoms with Crippen LogP contribution in [0.2, 0.25) is 0 Å². The minimum atomic E-state index is -4.51. The van der Waals surface area contributed by atoms with E-state index in [1.807, 2.05) is 12.1 Å². The van der Waals surface area contributed by atoms with Crippen LogP contribution >= 0.6 is 0 Å². The van der Waals surface area contributed by atoms with Gasteiger partial charge in [0.05, 0.1) is 35.2 Å². The highest BCUT2D eigenvalue weighted by atomic mass is 19.4. The maximum Gasteiger partial charge on any atom is 0.395 e. The highest BCUT2D eigenvalue weighted by Crippen LogP contribution is 2.50. The first-order valence-corrected chi connectivity index (χ1v) is 7.74. The molecule has 2 aliphatic heterocycles. The average Bonchev–Trinajstić information content (AvgIpc) is 3.16. The summed E-state index contributed by atoms with van der Waals surface area (Å²) in [5, 5.41) is 20.6. The summed E-state index contributed by atoms with van der Waals surface area (Å²) in [5.41, 5.74) is 0.818. The third kappa shape index (κ3) is 2.83. The fourth-order valence-electron chi connectivity index (χ4n) is 3.73. The molecule has 4 unspecified atom stereocenters.